The molecule has 64 valence electrons. The quantitative estimate of drug-likeness (QED) is 0.274. The van der Waals surface area contributed by atoms with E-state index in [1.807, 2.05) is 0 Å². The van der Waals surface area contributed by atoms with Gasteiger partial charge in [0.2, 0.25) is 0 Å². The molecule has 0 radical (unpaired) electrons. The molecule has 0 amide bonds. The normalized spacial score (nSPS) is 22.7. The number of carbonyl (C=O) groups excluding carboxylic acids is 2. The number of rotatable bonds is 3. The van der Waals surface area contributed by atoms with Crippen molar-refractivity contribution in [1.29, 1.82) is 0 Å². The van der Waals surface area contributed by atoms with E-state index in [1.54, 1.807) is 6.08 Å². The minimum atomic E-state index is -0.589. The Bertz CT molecular complexity index is 252. The SMILES string of the molecule is C=CCCC1C(=C)C(=O)OC1=O. The molecule has 0 bridgehead atoms. The highest BCUT2D eigenvalue weighted by Crippen LogP contribution is 2.25. The summed E-state index contributed by atoms with van der Waals surface area (Å²) < 4.78 is 4.37. The van der Waals surface area contributed by atoms with Crippen LogP contribution in [-0.4, -0.2) is 11.9 Å². The van der Waals surface area contributed by atoms with E-state index in [0.717, 1.165) is 0 Å². The van der Waals surface area contributed by atoms with Gasteiger partial charge in [0.25, 0.3) is 0 Å². The first kappa shape index (κ1) is 8.71. The van der Waals surface area contributed by atoms with Crippen LogP contribution in [0.15, 0.2) is 24.8 Å². The summed E-state index contributed by atoms with van der Waals surface area (Å²) in [6, 6.07) is 0. The topological polar surface area (TPSA) is 43.4 Å². The molecule has 0 N–H and O–H groups in total. The lowest BCUT2D eigenvalue weighted by Crippen LogP contribution is -2.07. The van der Waals surface area contributed by atoms with Crippen LogP contribution < -0.4 is 0 Å². The molecule has 1 atom stereocenters. The molecule has 12 heavy (non-hydrogen) atoms. The van der Waals surface area contributed by atoms with Gasteiger partial charge in [0.05, 0.1) is 5.92 Å². The van der Waals surface area contributed by atoms with Crippen molar-refractivity contribution in [3.05, 3.63) is 24.8 Å². The third-order valence-corrected chi connectivity index (χ3v) is 1.82. The van der Waals surface area contributed by atoms with Crippen LogP contribution in [0, 0.1) is 5.92 Å². The maximum atomic E-state index is 11.0. The lowest BCUT2D eigenvalue weighted by molar-refractivity contribution is -0.152. The molecule has 1 saturated heterocycles. The summed E-state index contributed by atoms with van der Waals surface area (Å²) in [6.07, 6.45) is 2.95. The second-order valence-corrected chi connectivity index (χ2v) is 2.65. The minimum Gasteiger partial charge on any atom is -0.389 e. The summed E-state index contributed by atoms with van der Waals surface area (Å²) >= 11 is 0. The van der Waals surface area contributed by atoms with Gasteiger partial charge in [-0.15, -0.1) is 6.58 Å². The van der Waals surface area contributed by atoms with Crippen molar-refractivity contribution in [3.63, 3.8) is 0 Å². The van der Waals surface area contributed by atoms with Gasteiger partial charge in [0.15, 0.2) is 0 Å². The summed E-state index contributed by atoms with van der Waals surface area (Å²) in [5.74, 6) is -1.52. The Morgan fingerprint density at radius 2 is 2.17 bits per heavy atom. The average molecular weight is 166 g/mol. The minimum absolute atomic E-state index is 0.266. The molecule has 1 fully saturated rings. The van der Waals surface area contributed by atoms with Crippen LogP contribution in [0.4, 0.5) is 0 Å². The zero-order valence-electron chi connectivity index (χ0n) is 6.71. The van der Waals surface area contributed by atoms with Crippen LogP contribution in [-0.2, 0) is 14.3 Å². The molecule has 1 unspecified atom stereocenters. The molecular weight excluding hydrogens is 156 g/mol. The van der Waals surface area contributed by atoms with E-state index in [-0.39, 0.29) is 5.57 Å². The van der Waals surface area contributed by atoms with Crippen molar-refractivity contribution in [2.75, 3.05) is 0 Å². The van der Waals surface area contributed by atoms with Crippen LogP contribution in [0.25, 0.3) is 0 Å². The Labute approximate surface area is 70.7 Å². The van der Waals surface area contributed by atoms with Crippen molar-refractivity contribution in [2.24, 2.45) is 5.92 Å². The van der Waals surface area contributed by atoms with E-state index >= 15 is 0 Å². The number of cyclic esters (lactones) is 2. The Balaban J connectivity index is 2.63. The summed E-state index contributed by atoms with van der Waals surface area (Å²) in [5.41, 5.74) is 0.266. The zero-order valence-corrected chi connectivity index (χ0v) is 6.71. The van der Waals surface area contributed by atoms with E-state index in [2.05, 4.69) is 17.9 Å². The number of carbonyl (C=O) groups is 2. The van der Waals surface area contributed by atoms with Crippen molar-refractivity contribution < 1.29 is 14.3 Å². The molecule has 1 aliphatic heterocycles. The largest absolute Gasteiger partial charge is 0.389 e. The molecule has 0 aromatic rings. The summed E-state index contributed by atoms with van der Waals surface area (Å²) in [4.78, 5) is 21.8. The fraction of sp³-hybridized carbons (Fsp3) is 0.333. The van der Waals surface area contributed by atoms with Crippen LogP contribution in [0.3, 0.4) is 0 Å². The molecule has 1 heterocycles. The number of hydrogen-bond donors (Lipinski definition) is 0. The van der Waals surface area contributed by atoms with Gasteiger partial charge in [-0.25, -0.2) is 4.79 Å². The molecule has 3 heteroatoms. The van der Waals surface area contributed by atoms with Crippen molar-refractivity contribution in [3.8, 4) is 0 Å². The second-order valence-electron chi connectivity index (χ2n) is 2.65. The fourth-order valence-electron chi connectivity index (χ4n) is 1.09. The molecule has 1 aliphatic rings. The van der Waals surface area contributed by atoms with Gasteiger partial charge >= 0.3 is 11.9 Å². The van der Waals surface area contributed by atoms with Crippen LogP contribution in [0.1, 0.15) is 12.8 Å². The summed E-state index contributed by atoms with van der Waals surface area (Å²) in [5, 5.41) is 0. The van der Waals surface area contributed by atoms with Crippen molar-refractivity contribution in [1.82, 2.24) is 0 Å². The number of ether oxygens (including phenoxy) is 1. The molecule has 0 aromatic heterocycles. The third-order valence-electron chi connectivity index (χ3n) is 1.82. The molecule has 1 rings (SSSR count). The fourth-order valence-corrected chi connectivity index (χ4v) is 1.09. The Hall–Kier alpha value is -1.38. The van der Waals surface area contributed by atoms with E-state index in [0.29, 0.717) is 12.8 Å². The lowest BCUT2D eigenvalue weighted by atomic mass is 9.98. The monoisotopic (exact) mass is 166 g/mol. The molecule has 0 aliphatic carbocycles. The Kier molecular flexibility index (Phi) is 2.43. The molecule has 0 aromatic carbocycles. The molecule has 0 spiro atoms. The Morgan fingerprint density at radius 3 is 2.58 bits per heavy atom. The van der Waals surface area contributed by atoms with E-state index in [1.165, 1.54) is 0 Å². The maximum absolute atomic E-state index is 11.0. The predicted molar refractivity (Wildman–Crippen MR) is 43.2 cm³/mol. The number of esters is 2. The Morgan fingerprint density at radius 1 is 1.50 bits per heavy atom. The third kappa shape index (κ3) is 1.44. The van der Waals surface area contributed by atoms with Crippen LogP contribution in [0.5, 0.6) is 0 Å². The van der Waals surface area contributed by atoms with E-state index in [4.69, 9.17) is 0 Å². The molecule has 0 saturated carbocycles. The van der Waals surface area contributed by atoms with Crippen LogP contribution in [0.2, 0.25) is 0 Å². The van der Waals surface area contributed by atoms with Gasteiger partial charge in [-0.2, -0.15) is 0 Å². The van der Waals surface area contributed by atoms with Gasteiger partial charge in [0, 0.05) is 5.57 Å². The first-order valence-corrected chi connectivity index (χ1v) is 3.72. The van der Waals surface area contributed by atoms with Crippen molar-refractivity contribution in [2.45, 2.75) is 12.8 Å². The highest BCUT2D eigenvalue weighted by Gasteiger charge is 2.36. The maximum Gasteiger partial charge on any atom is 0.341 e. The first-order valence-electron chi connectivity index (χ1n) is 3.72. The number of allylic oxidation sites excluding steroid dienone is 1. The summed E-state index contributed by atoms with van der Waals surface area (Å²) in [6.45, 7) is 7.01. The standard InChI is InChI=1S/C9H10O3/c1-3-4-5-7-6(2)8(10)12-9(7)11/h3,7H,1-2,4-5H2. The van der Waals surface area contributed by atoms with Gasteiger partial charge in [-0.1, -0.05) is 12.7 Å². The molecular formula is C9H10O3. The van der Waals surface area contributed by atoms with Crippen molar-refractivity contribution >= 4 is 11.9 Å². The molecule has 3 nitrogen and oxygen atoms in total. The van der Waals surface area contributed by atoms with Gasteiger partial charge < -0.3 is 4.74 Å². The summed E-state index contributed by atoms with van der Waals surface area (Å²) in [7, 11) is 0. The van der Waals surface area contributed by atoms with E-state index in [9.17, 15) is 9.59 Å². The van der Waals surface area contributed by atoms with Gasteiger partial charge in [0.1, 0.15) is 0 Å². The highest BCUT2D eigenvalue weighted by molar-refractivity contribution is 6.06. The van der Waals surface area contributed by atoms with Gasteiger partial charge in [-0.3, -0.25) is 4.79 Å². The predicted octanol–water partition coefficient (Wildman–Crippen LogP) is 1.21. The highest BCUT2D eigenvalue weighted by atomic mass is 16.6. The van der Waals surface area contributed by atoms with Gasteiger partial charge in [-0.05, 0) is 12.8 Å². The second kappa shape index (κ2) is 3.34. The lowest BCUT2D eigenvalue weighted by Gasteiger charge is -2.00. The van der Waals surface area contributed by atoms with Crippen LogP contribution >= 0.6 is 0 Å². The first-order chi connectivity index (χ1) is 5.66. The smallest absolute Gasteiger partial charge is 0.341 e. The average Bonchev–Trinajstić information content (AvgIpc) is 2.25. The van der Waals surface area contributed by atoms with E-state index < -0.39 is 17.9 Å². The zero-order chi connectivity index (χ0) is 9.14. The number of hydrogen-bond acceptors (Lipinski definition) is 3.